The predicted octanol–water partition coefficient (Wildman–Crippen LogP) is 2.71. The molecule has 1 unspecified atom stereocenters. The van der Waals surface area contributed by atoms with E-state index in [0.29, 0.717) is 5.69 Å². The molecule has 0 aliphatic heterocycles. The molecule has 0 spiro atoms. The molecule has 0 saturated carbocycles. The van der Waals surface area contributed by atoms with Crippen molar-refractivity contribution >= 4 is 5.69 Å². The largest absolute Gasteiger partial charge is 0.396 e. The number of benzene rings is 1. The molecule has 0 aliphatic rings. The molecule has 2 N–H and O–H groups in total. The lowest BCUT2D eigenvalue weighted by Gasteiger charge is -2.15. The van der Waals surface area contributed by atoms with E-state index in [4.69, 9.17) is 5.11 Å². The lowest BCUT2D eigenvalue weighted by Crippen LogP contribution is -2.16. The average Bonchev–Trinajstić information content (AvgIpc) is 2.20. The van der Waals surface area contributed by atoms with Crippen molar-refractivity contribution in [3.05, 3.63) is 29.6 Å². The van der Waals surface area contributed by atoms with Crippen LogP contribution < -0.4 is 5.32 Å². The normalized spacial score (nSPS) is 12.5. The molecule has 0 radical (unpaired) electrons. The summed E-state index contributed by atoms with van der Waals surface area (Å²) in [5.41, 5.74) is 1.58. The molecule has 0 heterocycles. The van der Waals surface area contributed by atoms with Crippen LogP contribution in [0.5, 0.6) is 0 Å². The Balaban J connectivity index is 2.59. The number of aliphatic hydroxyl groups excluding tert-OH is 1. The molecule has 84 valence electrons. The first-order valence-electron chi connectivity index (χ1n) is 5.27. The third-order valence-corrected chi connectivity index (χ3v) is 2.32. The first-order chi connectivity index (χ1) is 7.13. The van der Waals surface area contributed by atoms with E-state index in [1.165, 1.54) is 6.07 Å². The third-order valence-electron chi connectivity index (χ3n) is 2.32. The Labute approximate surface area is 90.1 Å². The van der Waals surface area contributed by atoms with Crippen molar-refractivity contribution in [3.8, 4) is 0 Å². The minimum atomic E-state index is -0.226. The number of hydrogen-bond donors (Lipinski definition) is 2. The molecule has 1 atom stereocenters. The fourth-order valence-electron chi connectivity index (χ4n) is 1.48. The van der Waals surface area contributed by atoms with Gasteiger partial charge in [-0.1, -0.05) is 6.07 Å². The fraction of sp³-hybridized carbons (Fsp3) is 0.500. The second-order valence-electron chi connectivity index (χ2n) is 3.89. The van der Waals surface area contributed by atoms with Gasteiger partial charge >= 0.3 is 0 Å². The molecular formula is C12H18FNO. The van der Waals surface area contributed by atoms with Crippen LogP contribution in [0.15, 0.2) is 18.2 Å². The van der Waals surface area contributed by atoms with Crippen LogP contribution in [-0.2, 0) is 0 Å². The molecule has 1 aromatic rings. The van der Waals surface area contributed by atoms with Crippen LogP contribution in [0.1, 0.15) is 25.3 Å². The Bertz CT molecular complexity index is 314. The zero-order valence-electron chi connectivity index (χ0n) is 9.26. The van der Waals surface area contributed by atoms with Crippen LogP contribution in [0.2, 0.25) is 0 Å². The van der Waals surface area contributed by atoms with Gasteiger partial charge in [0.25, 0.3) is 0 Å². The average molecular weight is 211 g/mol. The van der Waals surface area contributed by atoms with Crippen molar-refractivity contribution < 1.29 is 9.50 Å². The lowest BCUT2D eigenvalue weighted by atomic mass is 10.1. The minimum absolute atomic E-state index is 0.174. The Morgan fingerprint density at radius 1 is 1.47 bits per heavy atom. The molecule has 0 amide bonds. The van der Waals surface area contributed by atoms with E-state index in [1.54, 1.807) is 12.1 Å². The van der Waals surface area contributed by atoms with Crippen molar-refractivity contribution in [1.29, 1.82) is 0 Å². The van der Waals surface area contributed by atoms with E-state index in [-0.39, 0.29) is 18.5 Å². The summed E-state index contributed by atoms with van der Waals surface area (Å²) in [6.45, 7) is 4.10. The SMILES string of the molecule is Cc1ccc(F)c(NC(C)CCCO)c1. The van der Waals surface area contributed by atoms with Gasteiger partial charge in [-0.25, -0.2) is 4.39 Å². The summed E-state index contributed by atoms with van der Waals surface area (Å²) < 4.78 is 13.3. The summed E-state index contributed by atoms with van der Waals surface area (Å²) in [7, 11) is 0. The third kappa shape index (κ3) is 3.88. The number of halogens is 1. The number of anilines is 1. The molecule has 1 aromatic carbocycles. The van der Waals surface area contributed by atoms with E-state index < -0.39 is 0 Å². The zero-order valence-corrected chi connectivity index (χ0v) is 9.26. The predicted molar refractivity (Wildman–Crippen MR) is 60.5 cm³/mol. The summed E-state index contributed by atoms with van der Waals surface area (Å²) in [6.07, 6.45) is 1.57. The second kappa shape index (κ2) is 5.71. The molecule has 2 nitrogen and oxygen atoms in total. The zero-order chi connectivity index (χ0) is 11.3. The number of hydrogen-bond acceptors (Lipinski definition) is 2. The van der Waals surface area contributed by atoms with Gasteiger partial charge < -0.3 is 10.4 Å². The summed E-state index contributed by atoms with van der Waals surface area (Å²) >= 11 is 0. The maximum Gasteiger partial charge on any atom is 0.146 e. The highest BCUT2D eigenvalue weighted by molar-refractivity contribution is 5.47. The number of nitrogens with one attached hydrogen (secondary N) is 1. The molecule has 0 bridgehead atoms. The smallest absolute Gasteiger partial charge is 0.146 e. The highest BCUT2D eigenvalue weighted by atomic mass is 19.1. The van der Waals surface area contributed by atoms with E-state index >= 15 is 0 Å². The van der Waals surface area contributed by atoms with E-state index in [2.05, 4.69) is 5.32 Å². The first-order valence-corrected chi connectivity index (χ1v) is 5.27. The van der Waals surface area contributed by atoms with Crippen LogP contribution >= 0.6 is 0 Å². The van der Waals surface area contributed by atoms with Gasteiger partial charge in [0, 0.05) is 12.6 Å². The van der Waals surface area contributed by atoms with Gasteiger partial charge in [-0.15, -0.1) is 0 Å². The highest BCUT2D eigenvalue weighted by Gasteiger charge is 2.06. The van der Waals surface area contributed by atoms with Gasteiger partial charge in [-0.05, 0) is 44.4 Å². The molecule has 0 aliphatic carbocycles. The molecule has 0 fully saturated rings. The minimum Gasteiger partial charge on any atom is -0.396 e. The van der Waals surface area contributed by atoms with Crippen LogP contribution in [0.3, 0.4) is 0 Å². The fourth-order valence-corrected chi connectivity index (χ4v) is 1.48. The Morgan fingerprint density at radius 3 is 2.87 bits per heavy atom. The van der Waals surface area contributed by atoms with Gasteiger partial charge in [0.05, 0.1) is 5.69 Å². The summed E-state index contributed by atoms with van der Waals surface area (Å²) in [6, 6.07) is 5.19. The van der Waals surface area contributed by atoms with Crippen LogP contribution in [0, 0.1) is 12.7 Å². The standard InChI is InChI=1S/C12H18FNO/c1-9-5-6-11(13)12(8-9)14-10(2)4-3-7-15/h5-6,8,10,14-15H,3-4,7H2,1-2H3. The van der Waals surface area contributed by atoms with Crippen LogP contribution in [0.4, 0.5) is 10.1 Å². The number of aryl methyl sites for hydroxylation is 1. The maximum atomic E-state index is 13.3. The first kappa shape index (κ1) is 12.0. The molecule has 3 heteroatoms. The monoisotopic (exact) mass is 211 g/mol. The molecule has 15 heavy (non-hydrogen) atoms. The molecular weight excluding hydrogens is 193 g/mol. The van der Waals surface area contributed by atoms with Crippen LogP contribution in [-0.4, -0.2) is 17.8 Å². The van der Waals surface area contributed by atoms with Crippen molar-refractivity contribution in [1.82, 2.24) is 0 Å². The van der Waals surface area contributed by atoms with Gasteiger partial charge in [-0.2, -0.15) is 0 Å². The van der Waals surface area contributed by atoms with Gasteiger partial charge in [0.1, 0.15) is 5.82 Å². The Kier molecular flexibility index (Phi) is 4.56. The Hall–Kier alpha value is -1.09. The quantitative estimate of drug-likeness (QED) is 0.784. The van der Waals surface area contributed by atoms with Crippen molar-refractivity contribution in [2.24, 2.45) is 0 Å². The van der Waals surface area contributed by atoms with Crippen LogP contribution in [0.25, 0.3) is 0 Å². The van der Waals surface area contributed by atoms with E-state index in [1.807, 2.05) is 13.8 Å². The maximum absolute atomic E-state index is 13.3. The number of rotatable bonds is 5. The van der Waals surface area contributed by atoms with Gasteiger partial charge in [0.2, 0.25) is 0 Å². The van der Waals surface area contributed by atoms with Gasteiger partial charge in [0.15, 0.2) is 0 Å². The molecule has 1 rings (SSSR count). The lowest BCUT2D eigenvalue weighted by molar-refractivity contribution is 0.282. The van der Waals surface area contributed by atoms with E-state index in [0.717, 1.165) is 18.4 Å². The highest BCUT2D eigenvalue weighted by Crippen LogP contribution is 2.17. The van der Waals surface area contributed by atoms with E-state index in [9.17, 15) is 4.39 Å². The summed E-state index contributed by atoms with van der Waals surface area (Å²) in [5.74, 6) is -0.226. The van der Waals surface area contributed by atoms with Gasteiger partial charge in [-0.3, -0.25) is 0 Å². The summed E-state index contributed by atoms with van der Waals surface area (Å²) in [4.78, 5) is 0. The second-order valence-corrected chi connectivity index (χ2v) is 3.89. The number of aliphatic hydroxyl groups is 1. The molecule has 0 aromatic heterocycles. The van der Waals surface area contributed by atoms with Crippen molar-refractivity contribution in [2.75, 3.05) is 11.9 Å². The topological polar surface area (TPSA) is 32.3 Å². The molecule has 0 saturated heterocycles. The van der Waals surface area contributed by atoms with Crippen molar-refractivity contribution in [2.45, 2.75) is 32.7 Å². The Morgan fingerprint density at radius 2 is 2.20 bits per heavy atom. The van der Waals surface area contributed by atoms with Crippen molar-refractivity contribution in [3.63, 3.8) is 0 Å². The summed E-state index contributed by atoms with van der Waals surface area (Å²) in [5, 5.41) is 11.8.